The molecule has 2 heterocycles. The summed E-state index contributed by atoms with van der Waals surface area (Å²) >= 11 is 0. The topological polar surface area (TPSA) is 98.3 Å². The predicted molar refractivity (Wildman–Crippen MR) is 141 cm³/mol. The van der Waals surface area contributed by atoms with E-state index >= 15 is 0 Å². The van der Waals surface area contributed by atoms with E-state index in [0.29, 0.717) is 19.2 Å². The molecule has 1 aliphatic rings. The second kappa shape index (κ2) is 11.8. The molecule has 0 radical (unpaired) electrons. The summed E-state index contributed by atoms with van der Waals surface area (Å²) in [7, 11) is 1.96. The second-order valence-electron chi connectivity index (χ2n) is 9.34. The molecule has 0 atom stereocenters. The fourth-order valence-corrected chi connectivity index (χ4v) is 4.13. The Labute approximate surface area is 227 Å². The van der Waals surface area contributed by atoms with Gasteiger partial charge in [0.25, 0.3) is 5.91 Å². The third kappa shape index (κ3) is 6.99. The van der Waals surface area contributed by atoms with E-state index in [1.54, 1.807) is 0 Å². The van der Waals surface area contributed by atoms with Crippen LogP contribution in [0, 0.1) is 28.9 Å². The average Bonchev–Trinajstić information content (AvgIpc) is 2.91. The molecule has 1 saturated heterocycles. The summed E-state index contributed by atoms with van der Waals surface area (Å²) in [5.74, 6) is 2.31. The van der Waals surface area contributed by atoms with E-state index in [2.05, 4.69) is 27.0 Å². The first-order valence-electron chi connectivity index (χ1n) is 12.1. The van der Waals surface area contributed by atoms with Crippen LogP contribution in [0.25, 0.3) is 0 Å². The van der Waals surface area contributed by atoms with Gasteiger partial charge < -0.3 is 16.0 Å². The number of hydrogen-bond acceptors (Lipinski definition) is 6. The minimum Gasteiger partial charge on any atom is -0.396 e. The molecule has 0 aliphatic carbocycles. The first-order valence-corrected chi connectivity index (χ1v) is 12.1. The summed E-state index contributed by atoms with van der Waals surface area (Å²) in [6, 6.07) is 6.48. The number of anilines is 2. The molecule has 1 aliphatic heterocycles. The number of rotatable bonds is 5. The van der Waals surface area contributed by atoms with E-state index in [9.17, 15) is 26.7 Å². The number of nitrogen functional groups attached to an aromatic ring is 1. The van der Waals surface area contributed by atoms with Gasteiger partial charge in [-0.15, -0.1) is 0 Å². The Hall–Kier alpha value is -4.34. The van der Waals surface area contributed by atoms with Crippen LogP contribution in [-0.4, -0.2) is 59.6 Å². The lowest BCUT2D eigenvalue weighted by Crippen LogP contribution is -2.44. The van der Waals surface area contributed by atoms with Gasteiger partial charge in [0.1, 0.15) is 17.3 Å². The molecular formula is C28H25F5N6O. The Balaban J connectivity index is 1.50. The van der Waals surface area contributed by atoms with Crippen LogP contribution in [0.4, 0.5) is 33.3 Å². The molecule has 208 valence electrons. The van der Waals surface area contributed by atoms with Gasteiger partial charge in [0.05, 0.1) is 16.8 Å². The molecule has 1 fully saturated rings. The van der Waals surface area contributed by atoms with Gasteiger partial charge in [-0.2, -0.15) is 13.2 Å². The van der Waals surface area contributed by atoms with E-state index in [0.717, 1.165) is 25.2 Å². The smallest absolute Gasteiger partial charge is 0.396 e. The highest BCUT2D eigenvalue weighted by Gasteiger charge is 2.34. The number of nitrogens with zero attached hydrogens (tertiary/aromatic N) is 3. The van der Waals surface area contributed by atoms with Crippen LogP contribution in [0.1, 0.15) is 32.6 Å². The number of alkyl halides is 3. The SMILES string of the molecule is CN1CCN(Cc2ccc(NC(=O)c3cncc(C#CC(=N)c4cc(F)cc(F)c4N)c3)cc2C(F)(F)F)CC1. The molecule has 1 amide bonds. The van der Waals surface area contributed by atoms with Crippen molar-refractivity contribution in [3.8, 4) is 11.8 Å². The van der Waals surface area contributed by atoms with Crippen molar-refractivity contribution in [2.24, 2.45) is 0 Å². The number of piperazine rings is 1. The minimum absolute atomic E-state index is 0.00437. The number of halogens is 5. The molecule has 1 aromatic heterocycles. The highest BCUT2D eigenvalue weighted by atomic mass is 19.4. The van der Waals surface area contributed by atoms with Crippen LogP contribution < -0.4 is 11.1 Å². The van der Waals surface area contributed by atoms with Crippen LogP contribution in [0.15, 0.2) is 48.8 Å². The van der Waals surface area contributed by atoms with Crippen molar-refractivity contribution < 1.29 is 26.7 Å². The fourth-order valence-electron chi connectivity index (χ4n) is 4.13. The van der Waals surface area contributed by atoms with Gasteiger partial charge in [0.2, 0.25) is 0 Å². The molecule has 7 nitrogen and oxygen atoms in total. The quantitative estimate of drug-likeness (QED) is 0.188. The van der Waals surface area contributed by atoms with E-state index in [1.807, 2.05) is 11.9 Å². The van der Waals surface area contributed by atoms with E-state index in [-0.39, 0.29) is 34.5 Å². The van der Waals surface area contributed by atoms with Gasteiger partial charge in [-0.3, -0.25) is 20.1 Å². The van der Waals surface area contributed by atoms with Crippen molar-refractivity contribution in [3.05, 3.63) is 88.2 Å². The number of aromatic nitrogens is 1. The number of hydrogen-bond donors (Lipinski definition) is 3. The Bertz CT molecular complexity index is 1500. The van der Waals surface area contributed by atoms with Crippen LogP contribution in [0.2, 0.25) is 0 Å². The lowest BCUT2D eigenvalue weighted by molar-refractivity contribution is -0.138. The van der Waals surface area contributed by atoms with E-state index in [1.165, 1.54) is 30.6 Å². The van der Waals surface area contributed by atoms with Crippen molar-refractivity contribution in [1.29, 1.82) is 5.41 Å². The van der Waals surface area contributed by atoms with Gasteiger partial charge in [-0.25, -0.2) is 8.78 Å². The molecule has 4 rings (SSSR count). The maximum Gasteiger partial charge on any atom is 0.416 e. The number of nitrogens with two attached hydrogens (primary N) is 1. The van der Waals surface area contributed by atoms with Gasteiger partial charge >= 0.3 is 6.18 Å². The second-order valence-corrected chi connectivity index (χ2v) is 9.34. The van der Waals surface area contributed by atoms with Crippen LogP contribution >= 0.6 is 0 Å². The summed E-state index contributed by atoms with van der Waals surface area (Å²) < 4.78 is 68.8. The average molecular weight is 557 g/mol. The third-order valence-corrected chi connectivity index (χ3v) is 6.36. The van der Waals surface area contributed by atoms with Crippen LogP contribution in [-0.2, 0) is 12.7 Å². The predicted octanol–water partition coefficient (Wildman–Crippen LogP) is 4.38. The lowest BCUT2D eigenvalue weighted by atomic mass is 10.0. The molecule has 12 heteroatoms. The van der Waals surface area contributed by atoms with Gasteiger partial charge in [0.15, 0.2) is 0 Å². The maximum atomic E-state index is 13.9. The molecule has 0 unspecified atom stereocenters. The summed E-state index contributed by atoms with van der Waals surface area (Å²) in [6.45, 7) is 3.00. The summed E-state index contributed by atoms with van der Waals surface area (Å²) in [5.41, 5.74) is 3.89. The van der Waals surface area contributed by atoms with E-state index in [4.69, 9.17) is 11.1 Å². The number of nitrogens with one attached hydrogen (secondary N) is 2. The zero-order valence-electron chi connectivity index (χ0n) is 21.4. The standard InChI is InChI=1S/C28H25F5N6O/c1-38-6-8-39(9-7-38)16-18-3-4-21(13-23(18)28(31,32)33)37-27(40)19-10-17(14-36-15-19)2-5-25(34)22-11-20(29)12-24(30)26(22)35/h3-4,10-15,34H,6-9,16,35H2,1H3,(H,37,40). The number of carbonyl (C=O) groups is 1. The Kier molecular flexibility index (Phi) is 8.46. The highest BCUT2D eigenvalue weighted by molar-refractivity contribution is 6.14. The number of benzene rings is 2. The third-order valence-electron chi connectivity index (χ3n) is 6.36. The van der Waals surface area contributed by atoms with Crippen molar-refractivity contribution in [1.82, 2.24) is 14.8 Å². The van der Waals surface area contributed by atoms with Crippen molar-refractivity contribution in [2.75, 3.05) is 44.3 Å². The summed E-state index contributed by atoms with van der Waals surface area (Å²) in [4.78, 5) is 20.8. The van der Waals surface area contributed by atoms with Gasteiger partial charge in [-0.05, 0) is 42.8 Å². The number of pyridine rings is 1. The largest absolute Gasteiger partial charge is 0.416 e. The summed E-state index contributed by atoms with van der Waals surface area (Å²) in [5, 5.41) is 10.4. The molecule has 3 aromatic rings. The first-order chi connectivity index (χ1) is 18.9. The normalized spacial score (nSPS) is 14.3. The van der Waals surface area contributed by atoms with Crippen LogP contribution in [0.5, 0.6) is 0 Å². The minimum atomic E-state index is -4.61. The van der Waals surface area contributed by atoms with Gasteiger partial charge in [0, 0.05) is 68.0 Å². The number of amides is 1. The number of carbonyl (C=O) groups excluding carboxylic acids is 1. The molecule has 2 aromatic carbocycles. The van der Waals surface area contributed by atoms with Crippen molar-refractivity contribution >= 4 is 23.0 Å². The van der Waals surface area contributed by atoms with Gasteiger partial charge in [-0.1, -0.05) is 12.0 Å². The Morgan fingerprint density at radius 3 is 2.52 bits per heavy atom. The highest BCUT2D eigenvalue weighted by Crippen LogP contribution is 2.34. The first kappa shape index (κ1) is 28.7. The zero-order valence-corrected chi connectivity index (χ0v) is 21.4. The monoisotopic (exact) mass is 556 g/mol. The van der Waals surface area contributed by atoms with Crippen molar-refractivity contribution in [2.45, 2.75) is 12.7 Å². The molecule has 0 saturated carbocycles. The van der Waals surface area contributed by atoms with E-state index < -0.39 is 40.7 Å². The molecule has 0 bridgehead atoms. The molecular weight excluding hydrogens is 531 g/mol. The van der Waals surface area contributed by atoms with Crippen molar-refractivity contribution in [3.63, 3.8) is 0 Å². The zero-order chi connectivity index (χ0) is 29.0. The number of likely N-dealkylation sites (N-methyl/N-ethyl adjacent to an activating group) is 1. The Morgan fingerprint density at radius 1 is 1.10 bits per heavy atom. The summed E-state index contributed by atoms with van der Waals surface area (Å²) in [6.07, 6.45) is -2.11. The maximum absolute atomic E-state index is 13.9. The van der Waals surface area contributed by atoms with Crippen LogP contribution in [0.3, 0.4) is 0 Å². The Morgan fingerprint density at radius 2 is 1.82 bits per heavy atom. The molecule has 0 spiro atoms. The lowest BCUT2D eigenvalue weighted by Gasteiger charge is -2.33. The molecule has 4 N–H and O–H groups in total. The molecule has 40 heavy (non-hydrogen) atoms. The fraction of sp³-hybridized carbons (Fsp3) is 0.250.